The van der Waals surface area contributed by atoms with Gasteiger partial charge in [-0.25, -0.2) is 9.50 Å². The third-order valence-electron chi connectivity index (χ3n) is 5.43. The van der Waals surface area contributed by atoms with E-state index in [9.17, 15) is 0 Å². The predicted octanol–water partition coefficient (Wildman–Crippen LogP) is 2.30. The molecule has 4 heterocycles. The van der Waals surface area contributed by atoms with Crippen LogP contribution in [0.1, 0.15) is 5.56 Å². The van der Waals surface area contributed by atoms with Crippen molar-refractivity contribution < 1.29 is 0 Å². The number of nitrogens with zero attached hydrogens (tertiary/aromatic N) is 5. The summed E-state index contributed by atoms with van der Waals surface area (Å²) in [5.74, 6) is 1.59. The number of pyridine rings is 1. The van der Waals surface area contributed by atoms with Crippen LogP contribution in [0, 0.1) is 11.8 Å². The Morgan fingerprint density at radius 3 is 2.54 bits per heavy atom. The maximum atomic E-state index is 4.28. The van der Waals surface area contributed by atoms with Crippen LogP contribution in [0.3, 0.4) is 0 Å². The molecule has 0 amide bonds. The first-order chi connectivity index (χ1) is 11.8. The van der Waals surface area contributed by atoms with Gasteiger partial charge in [-0.15, -0.1) is 0 Å². The Morgan fingerprint density at radius 2 is 1.75 bits per heavy atom. The van der Waals surface area contributed by atoms with Gasteiger partial charge >= 0.3 is 0 Å². The summed E-state index contributed by atoms with van der Waals surface area (Å²) >= 11 is 0. The Kier molecular flexibility index (Phi) is 3.26. The lowest BCUT2D eigenvalue weighted by atomic mass is 10.0. The van der Waals surface area contributed by atoms with Crippen molar-refractivity contribution in [1.29, 1.82) is 0 Å². The number of para-hydroxylation sites is 1. The average molecular weight is 319 g/mol. The average Bonchev–Trinajstić information content (AvgIpc) is 3.29. The van der Waals surface area contributed by atoms with E-state index in [1.54, 1.807) is 6.33 Å². The molecule has 3 aromatic rings. The smallest absolute Gasteiger partial charge is 0.155 e. The molecular weight excluding hydrogens is 298 g/mol. The van der Waals surface area contributed by atoms with E-state index in [-0.39, 0.29) is 0 Å². The van der Waals surface area contributed by atoms with Gasteiger partial charge in [-0.2, -0.15) is 5.10 Å². The quantitative estimate of drug-likeness (QED) is 0.742. The van der Waals surface area contributed by atoms with Crippen molar-refractivity contribution in [3.8, 4) is 0 Å². The summed E-state index contributed by atoms with van der Waals surface area (Å²) in [6.07, 6.45) is 3.61. The lowest BCUT2D eigenvalue weighted by Crippen LogP contribution is -2.28. The van der Waals surface area contributed by atoms with Crippen LogP contribution >= 0.6 is 0 Å². The summed E-state index contributed by atoms with van der Waals surface area (Å²) in [6.45, 7) is 5.79. The van der Waals surface area contributed by atoms with E-state index < -0.39 is 0 Å². The molecule has 2 saturated heterocycles. The zero-order valence-corrected chi connectivity index (χ0v) is 13.6. The molecule has 122 valence electrons. The predicted molar refractivity (Wildman–Crippen MR) is 93.9 cm³/mol. The molecule has 0 saturated carbocycles. The number of hydrogen-bond acceptors (Lipinski definition) is 4. The Morgan fingerprint density at radius 1 is 0.958 bits per heavy atom. The zero-order chi connectivity index (χ0) is 15.9. The highest BCUT2D eigenvalue weighted by molar-refractivity contribution is 5.47. The minimum absolute atomic E-state index is 0.794. The second kappa shape index (κ2) is 5.60. The largest absolute Gasteiger partial charge is 0.371 e. The van der Waals surface area contributed by atoms with Crippen molar-refractivity contribution in [2.24, 2.45) is 11.8 Å². The molecule has 0 bridgehead atoms. The second-order valence-electron chi connectivity index (χ2n) is 7.05. The van der Waals surface area contributed by atoms with Crippen molar-refractivity contribution in [2.45, 2.75) is 6.54 Å². The number of aromatic nitrogens is 3. The van der Waals surface area contributed by atoms with Gasteiger partial charge in [-0.3, -0.25) is 4.90 Å². The van der Waals surface area contributed by atoms with E-state index in [0.717, 1.165) is 24.0 Å². The van der Waals surface area contributed by atoms with Gasteiger partial charge in [0, 0.05) is 44.6 Å². The van der Waals surface area contributed by atoms with E-state index in [1.807, 2.05) is 10.7 Å². The molecule has 2 atom stereocenters. The molecule has 0 aliphatic carbocycles. The molecule has 2 aliphatic heterocycles. The van der Waals surface area contributed by atoms with E-state index in [0.29, 0.717) is 0 Å². The van der Waals surface area contributed by atoms with Gasteiger partial charge in [0.2, 0.25) is 0 Å². The first-order valence-corrected chi connectivity index (χ1v) is 8.66. The minimum Gasteiger partial charge on any atom is -0.371 e. The summed E-state index contributed by atoms with van der Waals surface area (Å²) in [6, 6.07) is 15.1. The standard InChI is InChI=1S/C19H21N5/c1-2-4-18(5-3-1)23-12-16-10-22(11-17(16)13-23)9-15-6-7-24-19(8-15)20-14-21-24/h1-8,14,16-17H,9-13H2. The monoisotopic (exact) mass is 319 g/mol. The molecule has 5 rings (SSSR count). The second-order valence-corrected chi connectivity index (χ2v) is 7.05. The molecule has 24 heavy (non-hydrogen) atoms. The normalized spacial score (nSPS) is 23.9. The molecular formula is C19H21N5. The minimum atomic E-state index is 0.794. The van der Waals surface area contributed by atoms with E-state index in [1.165, 1.54) is 37.4 Å². The van der Waals surface area contributed by atoms with Crippen LogP contribution in [0.15, 0.2) is 55.0 Å². The Labute approximate surface area is 141 Å². The fraction of sp³-hybridized carbons (Fsp3) is 0.368. The summed E-state index contributed by atoms with van der Waals surface area (Å²) in [4.78, 5) is 9.43. The van der Waals surface area contributed by atoms with Gasteiger partial charge in [-0.05, 0) is 41.7 Å². The molecule has 5 nitrogen and oxygen atoms in total. The summed E-state index contributed by atoms with van der Waals surface area (Å²) in [5, 5.41) is 4.16. The van der Waals surface area contributed by atoms with Crippen molar-refractivity contribution in [3.63, 3.8) is 0 Å². The Bertz CT molecular complexity index is 829. The van der Waals surface area contributed by atoms with Gasteiger partial charge in [0.1, 0.15) is 6.33 Å². The molecule has 0 N–H and O–H groups in total. The van der Waals surface area contributed by atoms with Crippen LogP contribution in [0.4, 0.5) is 5.69 Å². The number of hydrogen-bond donors (Lipinski definition) is 0. The van der Waals surface area contributed by atoms with Crippen LogP contribution in [0.25, 0.3) is 5.65 Å². The fourth-order valence-electron chi connectivity index (χ4n) is 4.28. The van der Waals surface area contributed by atoms with Crippen molar-refractivity contribution in [3.05, 3.63) is 60.6 Å². The molecule has 0 spiro atoms. The van der Waals surface area contributed by atoms with Gasteiger partial charge in [0.25, 0.3) is 0 Å². The number of likely N-dealkylation sites (tertiary alicyclic amines) is 1. The third-order valence-corrected chi connectivity index (χ3v) is 5.43. The topological polar surface area (TPSA) is 36.7 Å². The van der Waals surface area contributed by atoms with Crippen molar-refractivity contribution >= 4 is 11.3 Å². The summed E-state index contributed by atoms with van der Waals surface area (Å²) in [5.41, 5.74) is 3.63. The van der Waals surface area contributed by atoms with Crippen LogP contribution in [-0.4, -0.2) is 45.7 Å². The molecule has 1 aromatic carbocycles. The molecule has 5 heteroatoms. The highest BCUT2D eigenvalue weighted by atomic mass is 15.3. The van der Waals surface area contributed by atoms with E-state index in [2.05, 4.69) is 62.3 Å². The number of anilines is 1. The Balaban J connectivity index is 1.24. The van der Waals surface area contributed by atoms with Crippen molar-refractivity contribution in [1.82, 2.24) is 19.5 Å². The van der Waals surface area contributed by atoms with E-state index >= 15 is 0 Å². The first kappa shape index (κ1) is 14.0. The summed E-state index contributed by atoms with van der Waals surface area (Å²) in [7, 11) is 0. The maximum Gasteiger partial charge on any atom is 0.155 e. The van der Waals surface area contributed by atoms with Crippen LogP contribution in [0.5, 0.6) is 0 Å². The van der Waals surface area contributed by atoms with Gasteiger partial charge in [0.05, 0.1) is 0 Å². The third kappa shape index (κ3) is 2.45. The molecule has 2 fully saturated rings. The molecule has 2 aliphatic rings. The fourth-order valence-corrected chi connectivity index (χ4v) is 4.28. The van der Waals surface area contributed by atoms with Gasteiger partial charge in [0.15, 0.2) is 5.65 Å². The maximum absolute atomic E-state index is 4.28. The van der Waals surface area contributed by atoms with Crippen molar-refractivity contribution in [2.75, 3.05) is 31.1 Å². The lowest BCUT2D eigenvalue weighted by Gasteiger charge is -2.23. The number of rotatable bonds is 3. The van der Waals surface area contributed by atoms with Crippen LogP contribution < -0.4 is 4.90 Å². The van der Waals surface area contributed by atoms with Crippen LogP contribution in [0.2, 0.25) is 0 Å². The highest BCUT2D eigenvalue weighted by Gasteiger charge is 2.39. The summed E-state index contributed by atoms with van der Waals surface area (Å²) < 4.78 is 1.82. The van der Waals surface area contributed by atoms with Gasteiger partial charge < -0.3 is 4.90 Å². The SMILES string of the molecule is c1ccc(N2CC3CN(Cc4ccn5ncnc5c4)CC3C2)cc1. The first-order valence-electron chi connectivity index (χ1n) is 8.66. The molecule has 2 aromatic heterocycles. The zero-order valence-electron chi connectivity index (χ0n) is 13.6. The molecule has 2 unspecified atom stereocenters. The van der Waals surface area contributed by atoms with E-state index in [4.69, 9.17) is 0 Å². The van der Waals surface area contributed by atoms with Crippen LogP contribution in [-0.2, 0) is 6.54 Å². The number of benzene rings is 1. The lowest BCUT2D eigenvalue weighted by molar-refractivity contribution is 0.309. The van der Waals surface area contributed by atoms with Gasteiger partial charge in [-0.1, -0.05) is 18.2 Å². The highest BCUT2D eigenvalue weighted by Crippen LogP contribution is 2.34. The Hall–Kier alpha value is -2.40. The number of fused-ring (bicyclic) bond motifs is 2. The molecule has 0 radical (unpaired) electrons.